The van der Waals surface area contributed by atoms with Crippen molar-refractivity contribution in [3.63, 3.8) is 0 Å². The van der Waals surface area contributed by atoms with Crippen LogP contribution >= 0.6 is 68.0 Å². The molecule has 0 spiro atoms. The van der Waals surface area contributed by atoms with Crippen LogP contribution in [0.1, 0.15) is 0 Å². The Hall–Kier alpha value is -16.4. The summed E-state index contributed by atoms with van der Waals surface area (Å²) in [6.45, 7) is 0. The van der Waals surface area contributed by atoms with E-state index in [-0.39, 0.29) is 0 Å². The first-order valence-electron chi connectivity index (χ1n) is 47.8. The summed E-state index contributed by atoms with van der Waals surface area (Å²) in [6, 6.07) is 180. The highest BCUT2D eigenvalue weighted by Gasteiger charge is 2.25. The minimum absolute atomic E-state index is 1.20. The molecule has 9 heterocycles. The molecule has 9 aromatic heterocycles. The monoisotopic (exact) mass is 1900 g/mol. The van der Waals surface area contributed by atoms with Crippen molar-refractivity contribution in [1.82, 2.24) is 13.7 Å². The van der Waals surface area contributed by atoms with Crippen molar-refractivity contribution in [2.45, 2.75) is 0 Å². The Labute approximate surface area is 837 Å². The van der Waals surface area contributed by atoms with Crippen LogP contribution in [0.4, 0.5) is 0 Å². The summed E-state index contributed by atoms with van der Waals surface area (Å²) >= 11 is 11.4. The predicted molar refractivity (Wildman–Crippen MR) is 616 cm³/mol. The third-order valence-corrected chi connectivity index (χ3v) is 35.3. The molecule has 30 rings (SSSR count). The Morgan fingerprint density at radius 1 is 0.128 bits per heavy atom. The lowest BCUT2D eigenvalue weighted by molar-refractivity contribution is 1.19. The first-order chi connectivity index (χ1) is 69.9. The molecule has 21 aromatic carbocycles. The molecule has 0 N–H and O–H groups in total. The quantitative estimate of drug-likeness (QED) is 0.116. The van der Waals surface area contributed by atoms with E-state index in [1.807, 2.05) is 68.0 Å². The van der Waals surface area contributed by atoms with Crippen LogP contribution in [0.15, 0.2) is 491 Å². The number of hydrogen-bond donors (Lipinski definition) is 0. The highest BCUT2D eigenvalue weighted by Crippen LogP contribution is 2.52. The summed E-state index contributed by atoms with van der Waals surface area (Å²) in [7, 11) is 0. The van der Waals surface area contributed by atoms with Crippen LogP contribution < -0.4 is 0 Å². The van der Waals surface area contributed by atoms with Crippen molar-refractivity contribution >= 4 is 222 Å². The van der Waals surface area contributed by atoms with E-state index < -0.39 is 0 Å². The molecule has 0 saturated heterocycles. The first-order valence-corrected chi connectivity index (χ1v) is 52.7. The van der Waals surface area contributed by atoms with Gasteiger partial charge in [-0.3, -0.25) is 0 Å². The second kappa shape index (κ2) is 34.3. The first kappa shape index (κ1) is 82.8. The third-order valence-electron chi connectivity index (χ3n) is 28.2. The van der Waals surface area contributed by atoms with Gasteiger partial charge in [0.15, 0.2) is 0 Å². The van der Waals surface area contributed by atoms with Gasteiger partial charge < -0.3 is 13.7 Å². The van der Waals surface area contributed by atoms with E-state index in [0.29, 0.717) is 0 Å². The summed E-state index contributed by atoms with van der Waals surface area (Å²) in [6.07, 6.45) is 0. The molecule has 3 nitrogen and oxygen atoms in total. The lowest BCUT2D eigenvalue weighted by atomic mass is 9.95. The fraction of sp³-hybridized carbons (Fsp3) is 0. The average molecular weight is 1900 g/mol. The van der Waals surface area contributed by atoms with Crippen LogP contribution in [-0.2, 0) is 0 Å². The molecule has 141 heavy (non-hydrogen) atoms. The van der Waals surface area contributed by atoms with E-state index in [9.17, 15) is 0 Å². The molecular formula is C132H81N3S6. The Balaban J connectivity index is 0.000000104. The number of para-hydroxylation sites is 6. The molecule has 9 heteroatoms. The zero-order valence-electron chi connectivity index (χ0n) is 76.1. The van der Waals surface area contributed by atoms with Gasteiger partial charge in [0.25, 0.3) is 0 Å². The average Bonchev–Trinajstić information content (AvgIpc) is 1.57. The molecular weight excluding hydrogens is 1820 g/mol. The maximum absolute atomic E-state index is 2.43. The van der Waals surface area contributed by atoms with Crippen LogP contribution in [0.3, 0.4) is 0 Å². The fourth-order valence-corrected chi connectivity index (χ4v) is 29.1. The number of hydrogen-bond acceptors (Lipinski definition) is 6. The molecule has 0 fully saturated rings. The lowest BCUT2D eigenvalue weighted by Crippen LogP contribution is -1.92. The minimum Gasteiger partial charge on any atom is -0.308 e. The number of rotatable bonds is 12. The topological polar surface area (TPSA) is 14.8 Å². The summed E-state index contributed by atoms with van der Waals surface area (Å²) in [5.41, 5.74) is 33.8. The highest BCUT2D eigenvalue weighted by molar-refractivity contribution is 7.28. The van der Waals surface area contributed by atoms with Gasteiger partial charge >= 0.3 is 0 Å². The zero-order chi connectivity index (χ0) is 92.7. The van der Waals surface area contributed by atoms with Crippen LogP contribution in [0.5, 0.6) is 0 Å². The van der Waals surface area contributed by atoms with Crippen molar-refractivity contribution in [3.05, 3.63) is 491 Å². The smallest absolute Gasteiger partial charge is 0.0727 e. The van der Waals surface area contributed by atoms with Crippen molar-refractivity contribution < 1.29 is 0 Å². The van der Waals surface area contributed by atoms with Crippen LogP contribution in [0, 0.1) is 0 Å². The van der Waals surface area contributed by atoms with Gasteiger partial charge in [0.05, 0.1) is 47.2 Å². The summed E-state index contributed by atoms with van der Waals surface area (Å²) in [4.78, 5) is 0. The highest BCUT2D eigenvalue weighted by atomic mass is 32.1. The van der Waals surface area contributed by atoms with Gasteiger partial charge in [0.1, 0.15) is 0 Å². The van der Waals surface area contributed by atoms with E-state index >= 15 is 0 Å². The van der Waals surface area contributed by atoms with Crippen molar-refractivity contribution in [1.29, 1.82) is 0 Å². The molecule has 0 radical (unpaired) electrons. The maximum Gasteiger partial charge on any atom is 0.0727 e. The van der Waals surface area contributed by atoms with Gasteiger partial charge in [-0.15, -0.1) is 68.0 Å². The largest absolute Gasteiger partial charge is 0.308 e. The van der Waals surface area contributed by atoms with E-state index in [1.165, 1.54) is 271 Å². The van der Waals surface area contributed by atoms with Gasteiger partial charge in [0, 0.05) is 124 Å². The maximum atomic E-state index is 2.43. The number of aromatic nitrogens is 3. The number of nitrogens with zero attached hydrogens (tertiary/aromatic N) is 3. The minimum atomic E-state index is 1.20. The van der Waals surface area contributed by atoms with Gasteiger partial charge in [-0.2, -0.15) is 0 Å². The van der Waals surface area contributed by atoms with Crippen LogP contribution in [0.2, 0.25) is 0 Å². The molecule has 0 bridgehead atoms. The summed E-state index contributed by atoms with van der Waals surface area (Å²) in [5.74, 6) is 0. The van der Waals surface area contributed by atoms with Crippen LogP contribution in [-0.4, -0.2) is 13.7 Å². The zero-order valence-corrected chi connectivity index (χ0v) is 81.0. The standard InChI is InChI=1S/3C44H27NS2/c1-3-12-28(13-4-1)34-20-10-21-37-41-33(19-11-23-39(41)46-43(34)37)31-15-9-14-29(26-31)30-24-25-36-40(27-30)47-44-35-18-7-8-22-38(35)45(42(36)44)32-16-5-2-6-17-32;1-3-11-28(12-4-1)30-22-24-40-38(26-30)35-19-10-18-34(43(35)46-40)32-14-9-13-29(25-32)31-21-23-37-41(27-31)47-44-36-17-7-8-20-39(36)45(42(37)44)33-15-5-2-6-16-33;1-3-10-28(11-4-1)31-18-21-35-36-22-19-32(26-41(36)46-40(35)25-31)29-12-9-13-30(24-29)33-20-23-38-42(27-33)47-44-37-16-7-8-17-39(37)45(43(38)44)34-14-5-2-6-15-34/h3*1-27H. The van der Waals surface area contributed by atoms with E-state index in [1.54, 1.807) is 0 Å². The molecule has 0 aliphatic heterocycles. The van der Waals surface area contributed by atoms with Gasteiger partial charge in [-0.1, -0.05) is 370 Å². The van der Waals surface area contributed by atoms with Crippen molar-refractivity contribution in [2.24, 2.45) is 0 Å². The van der Waals surface area contributed by atoms with E-state index in [0.717, 1.165) is 0 Å². The van der Waals surface area contributed by atoms with Crippen molar-refractivity contribution in [3.8, 4) is 117 Å². The Kier molecular flexibility index (Phi) is 20.1. The summed E-state index contributed by atoms with van der Waals surface area (Å²) in [5, 5.41) is 15.8. The van der Waals surface area contributed by atoms with E-state index in [4.69, 9.17) is 0 Å². The second-order valence-electron chi connectivity index (χ2n) is 36.4. The Morgan fingerprint density at radius 2 is 0.404 bits per heavy atom. The SMILES string of the molecule is c1ccc(-c2ccc3c(c2)sc2cc(-c4cccc(-c5ccc6c(c5)sc5c7ccccc7n(-c7ccccc7)c65)c4)ccc23)cc1.c1ccc(-c2ccc3sc4c(-c5cccc(-c6ccc7c(c6)sc6c8ccccc8n(-c8ccccc8)c76)c5)cccc4c3c2)cc1.c1ccc(-c2cccc3c2sc2cccc(-c4cccc(-c5ccc6c(c5)sc5c7ccccc7n(-c7ccccc7)c65)c4)c23)cc1. The summed E-state index contributed by atoms with van der Waals surface area (Å²) < 4.78 is 23.3. The Bertz CT molecular complexity index is 10200. The third kappa shape index (κ3) is 14.2. The molecule has 0 amide bonds. The normalized spacial score (nSPS) is 11.8. The molecule has 660 valence electrons. The lowest BCUT2D eigenvalue weighted by Gasteiger charge is -2.10. The number of benzene rings is 21. The molecule has 30 aromatic rings. The Morgan fingerprint density at radius 3 is 0.844 bits per heavy atom. The van der Waals surface area contributed by atoms with Crippen LogP contribution in [0.25, 0.3) is 271 Å². The second-order valence-corrected chi connectivity index (χ2v) is 42.7. The molecule has 0 aliphatic rings. The molecule has 0 unspecified atom stereocenters. The fourth-order valence-electron chi connectivity index (χ4n) is 21.6. The van der Waals surface area contributed by atoms with E-state index in [2.05, 4.69) is 505 Å². The predicted octanol–water partition coefficient (Wildman–Crippen LogP) is 40.1. The van der Waals surface area contributed by atoms with Gasteiger partial charge in [-0.25, -0.2) is 0 Å². The van der Waals surface area contributed by atoms with Gasteiger partial charge in [-0.05, 0) is 221 Å². The number of thiophene rings is 6. The van der Waals surface area contributed by atoms with Gasteiger partial charge in [0.2, 0.25) is 0 Å². The number of fused-ring (bicyclic) bond motifs is 24. The van der Waals surface area contributed by atoms with Crippen molar-refractivity contribution in [2.75, 3.05) is 0 Å². The molecule has 0 atom stereocenters. The molecule has 0 saturated carbocycles. The molecule has 0 aliphatic carbocycles.